The molecule has 1 aromatic rings. The zero-order valence-corrected chi connectivity index (χ0v) is 11.9. The number of carbonyl (C=O) groups is 1. The zero-order chi connectivity index (χ0) is 13.7. The van der Waals surface area contributed by atoms with E-state index in [2.05, 4.69) is 29.7 Å². The van der Waals surface area contributed by atoms with Gasteiger partial charge in [-0.3, -0.25) is 4.79 Å². The van der Waals surface area contributed by atoms with Crippen molar-refractivity contribution in [2.45, 2.75) is 51.1 Å². The number of hydrogen-bond acceptors (Lipinski definition) is 2. The molecule has 1 fully saturated rings. The van der Waals surface area contributed by atoms with Gasteiger partial charge in [0.05, 0.1) is 6.42 Å². The molecule has 0 radical (unpaired) electrons. The minimum Gasteiger partial charge on any atom is -0.353 e. The van der Waals surface area contributed by atoms with Crippen molar-refractivity contribution in [2.75, 3.05) is 7.05 Å². The highest BCUT2D eigenvalue weighted by atomic mass is 16.1. The molecule has 1 saturated carbocycles. The van der Waals surface area contributed by atoms with Crippen LogP contribution in [0.4, 0.5) is 0 Å². The highest BCUT2D eigenvalue weighted by molar-refractivity contribution is 5.78. The molecule has 0 saturated heterocycles. The Bertz CT molecular complexity index is 405. The lowest BCUT2D eigenvalue weighted by Crippen LogP contribution is -2.41. The van der Waals surface area contributed by atoms with Crippen molar-refractivity contribution in [1.29, 1.82) is 0 Å². The molecular formula is C16H24N2O. The summed E-state index contributed by atoms with van der Waals surface area (Å²) in [6.45, 7) is 2.06. The molecule has 3 heteroatoms. The van der Waals surface area contributed by atoms with E-state index in [-0.39, 0.29) is 5.91 Å². The summed E-state index contributed by atoms with van der Waals surface area (Å²) in [5.41, 5.74) is 2.32. The minimum atomic E-state index is 0.150. The second-order valence-corrected chi connectivity index (χ2v) is 5.57. The van der Waals surface area contributed by atoms with E-state index in [1.807, 2.05) is 19.2 Å². The summed E-state index contributed by atoms with van der Waals surface area (Å²) in [6, 6.07) is 9.17. The van der Waals surface area contributed by atoms with Crippen molar-refractivity contribution < 1.29 is 4.79 Å². The Kier molecular flexibility index (Phi) is 4.97. The number of aryl methyl sites for hydroxylation is 1. The number of rotatable bonds is 4. The third-order valence-electron chi connectivity index (χ3n) is 3.99. The van der Waals surface area contributed by atoms with E-state index in [4.69, 9.17) is 0 Å². The summed E-state index contributed by atoms with van der Waals surface area (Å²) in [7, 11) is 2.01. The summed E-state index contributed by atoms with van der Waals surface area (Å²) in [4.78, 5) is 12.0. The van der Waals surface area contributed by atoms with Crippen molar-refractivity contribution in [3.8, 4) is 0 Å². The number of carbonyl (C=O) groups excluding carboxylic acids is 1. The molecule has 2 rings (SSSR count). The van der Waals surface area contributed by atoms with Gasteiger partial charge in [0.2, 0.25) is 5.91 Å². The van der Waals surface area contributed by atoms with Crippen LogP contribution in [0.25, 0.3) is 0 Å². The molecule has 19 heavy (non-hydrogen) atoms. The molecule has 0 atom stereocenters. The topological polar surface area (TPSA) is 41.1 Å². The van der Waals surface area contributed by atoms with E-state index >= 15 is 0 Å². The molecule has 1 aliphatic carbocycles. The first-order valence-electron chi connectivity index (χ1n) is 7.19. The number of hydrogen-bond donors (Lipinski definition) is 2. The van der Waals surface area contributed by atoms with E-state index in [0.29, 0.717) is 18.5 Å². The third kappa shape index (κ3) is 4.35. The van der Waals surface area contributed by atoms with E-state index in [0.717, 1.165) is 31.2 Å². The van der Waals surface area contributed by atoms with E-state index in [9.17, 15) is 4.79 Å². The molecule has 3 nitrogen and oxygen atoms in total. The number of benzene rings is 1. The predicted octanol–water partition coefficient (Wildman–Crippen LogP) is 2.18. The number of amides is 1. The van der Waals surface area contributed by atoms with Crippen LogP contribution in [-0.4, -0.2) is 25.0 Å². The molecular weight excluding hydrogens is 236 g/mol. The van der Waals surface area contributed by atoms with Gasteiger partial charge in [0.25, 0.3) is 0 Å². The Balaban J connectivity index is 1.77. The Morgan fingerprint density at radius 3 is 2.26 bits per heavy atom. The lowest BCUT2D eigenvalue weighted by atomic mass is 9.91. The summed E-state index contributed by atoms with van der Waals surface area (Å²) in [5, 5.41) is 6.47. The van der Waals surface area contributed by atoms with Gasteiger partial charge in [-0.25, -0.2) is 0 Å². The first-order valence-corrected chi connectivity index (χ1v) is 7.19. The molecule has 2 N–H and O–H groups in total. The fourth-order valence-electron chi connectivity index (χ4n) is 2.70. The minimum absolute atomic E-state index is 0.150. The van der Waals surface area contributed by atoms with Crippen LogP contribution in [-0.2, 0) is 11.2 Å². The molecule has 0 heterocycles. The Labute approximate surface area is 115 Å². The monoisotopic (exact) mass is 260 g/mol. The molecule has 1 amide bonds. The van der Waals surface area contributed by atoms with Crippen molar-refractivity contribution in [3.63, 3.8) is 0 Å². The number of nitrogens with one attached hydrogen (secondary N) is 2. The van der Waals surface area contributed by atoms with Gasteiger partial charge in [-0.2, -0.15) is 0 Å². The van der Waals surface area contributed by atoms with Gasteiger partial charge in [-0.1, -0.05) is 29.8 Å². The van der Waals surface area contributed by atoms with Crippen molar-refractivity contribution in [2.24, 2.45) is 0 Å². The van der Waals surface area contributed by atoms with Gasteiger partial charge < -0.3 is 10.6 Å². The highest BCUT2D eigenvalue weighted by Crippen LogP contribution is 2.18. The van der Waals surface area contributed by atoms with Gasteiger partial charge >= 0.3 is 0 Å². The van der Waals surface area contributed by atoms with Crippen LogP contribution in [0.15, 0.2) is 24.3 Å². The van der Waals surface area contributed by atoms with Crippen molar-refractivity contribution in [3.05, 3.63) is 35.4 Å². The lowest BCUT2D eigenvalue weighted by Gasteiger charge is -2.28. The van der Waals surface area contributed by atoms with Gasteiger partial charge in [-0.05, 0) is 45.2 Å². The van der Waals surface area contributed by atoms with Gasteiger partial charge in [0.15, 0.2) is 0 Å². The van der Waals surface area contributed by atoms with Crippen molar-refractivity contribution >= 4 is 5.91 Å². The lowest BCUT2D eigenvalue weighted by molar-refractivity contribution is -0.121. The molecule has 0 bridgehead atoms. The normalized spacial score (nSPS) is 23.1. The average Bonchev–Trinajstić information content (AvgIpc) is 2.42. The SMILES string of the molecule is CNC1CCC(NC(=O)Cc2ccc(C)cc2)CC1. The van der Waals surface area contributed by atoms with Crippen LogP contribution >= 0.6 is 0 Å². The maximum absolute atomic E-state index is 12.0. The first-order chi connectivity index (χ1) is 9.17. The second kappa shape index (κ2) is 6.71. The van der Waals surface area contributed by atoms with Gasteiger partial charge in [0.1, 0.15) is 0 Å². The molecule has 0 spiro atoms. The van der Waals surface area contributed by atoms with Crippen LogP contribution in [0, 0.1) is 6.92 Å². The molecule has 0 unspecified atom stereocenters. The summed E-state index contributed by atoms with van der Waals surface area (Å²) in [6.07, 6.45) is 4.99. The van der Waals surface area contributed by atoms with Crippen LogP contribution in [0.2, 0.25) is 0 Å². The summed E-state index contributed by atoms with van der Waals surface area (Å²) in [5.74, 6) is 0.150. The van der Waals surface area contributed by atoms with E-state index in [1.165, 1.54) is 5.56 Å². The maximum atomic E-state index is 12.0. The molecule has 0 aliphatic heterocycles. The van der Waals surface area contributed by atoms with Crippen LogP contribution < -0.4 is 10.6 Å². The fraction of sp³-hybridized carbons (Fsp3) is 0.562. The third-order valence-corrected chi connectivity index (χ3v) is 3.99. The van der Waals surface area contributed by atoms with Crippen molar-refractivity contribution in [1.82, 2.24) is 10.6 Å². The van der Waals surface area contributed by atoms with Crippen LogP contribution in [0.3, 0.4) is 0 Å². The molecule has 1 aliphatic rings. The van der Waals surface area contributed by atoms with Crippen LogP contribution in [0.1, 0.15) is 36.8 Å². The van der Waals surface area contributed by atoms with Gasteiger partial charge in [-0.15, -0.1) is 0 Å². The highest BCUT2D eigenvalue weighted by Gasteiger charge is 2.21. The largest absolute Gasteiger partial charge is 0.353 e. The van der Waals surface area contributed by atoms with E-state index < -0.39 is 0 Å². The van der Waals surface area contributed by atoms with E-state index in [1.54, 1.807) is 0 Å². The zero-order valence-electron chi connectivity index (χ0n) is 11.9. The Morgan fingerprint density at radius 2 is 1.68 bits per heavy atom. The smallest absolute Gasteiger partial charge is 0.224 e. The predicted molar refractivity (Wildman–Crippen MR) is 78.1 cm³/mol. The Morgan fingerprint density at radius 1 is 1.11 bits per heavy atom. The summed E-state index contributed by atoms with van der Waals surface area (Å²) >= 11 is 0. The standard InChI is InChI=1S/C16H24N2O/c1-12-3-5-13(6-4-12)11-16(19)18-15-9-7-14(17-2)8-10-15/h3-6,14-15,17H,7-11H2,1-2H3,(H,18,19). The molecule has 1 aromatic carbocycles. The fourth-order valence-corrected chi connectivity index (χ4v) is 2.70. The molecule has 104 valence electrons. The van der Waals surface area contributed by atoms with Gasteiger partial charge in [0, 0.05) is 12.1 Å². The molecule has 0 aromatic heterocycles. The second-order valence-electron chi connectivity index (χ2n) is 5.57. The quantitative estimate of drug-likeness (QED) is 0.871. The van der Waals surface area contributed by atoms with Crippen LogP contribution in [0.5, 0.6) is 0 Å². The maximum Gasteiger partial charge on any atom is 0.224 e. The first kappa shape index (κ1) is 14.1. The Hall–Kier alpha value is -1.35. The summed E-state index contributed by atoms with van der Waals surface area (Å²) < 4.78 is 0. The average molecular weight is 260 g/mol.